The third kappa shape index (κ3) is 1.30. The molecular weight excluding hydrogens is 226 g/mol. The zero-order valence-corrected chi connectivity index (χ0v) is 10.5. The Kier molecular flexibility index (Phi) is 2.51. The Morgan fingerprint density at radius 3 is 2.89 bits per heavy atom. The van der Waals surface area contributed by atoms with Gasteiger partial charge in [0.05, 0.1) is 11.3 Å². The summed E-state index contributed by atoms with van der Waals surface area (Å²) in [6.07, 6.45) is 3.50. The van der Waals surface area contributed by atoms with Crippen LogP contribution >= 0.6 is 0 Å². The minimum Gasteiger partial charge on any atom is -0.295 e. The van der Waals surface area contributed by atoms with Gasteiger partial charge in [-0.05, 0) is 36.8 Å². The molecule has 3 heteroatoms. The van der Waals surface area contributed by atoms with Crippen molar-refractivity contribution in [3.8, 4) is 0 Å². The van der Waals surface area contributed by atoms with Crippen molar-refractivity contribution in [2.24, 2.45) is 5.92 Å². The Bertz CT molecular complexity index is 523. The molecule has 0 saturated carbocycles. The lowest BCUT2D eigenvalue weighted by atomic mass is 9.63. The van der Waals surface area contributed by atoms with Crippen LogP contribution in [0.15, 0.2) is 24.3 Å². The van der Waals surface area contributed by atoms with Crippen molar-refractivity contribution in [3.05, 3.63) is 35.4 Å². The van der Waals surface area contributed by atoms with E-state index in [1.165, 1.54) is 5.56 Å². The van der Waals surface area contributed by atoms with Crippen molar-refractivity contribution in [2.45, 2.75) is 38.0 Å². The number of hydrogen-bond donors (Lipinski definition) is 1. The predicted octanol–water partition coefficient (Wildman–Crippen LogP) is 1.94. The normalized spacial score (nSPS) is 30.4. The maximum Gasteiger partial charge on any atom is 0.238 e. The first kappa shape index (κ1) is 11.5. The summed E-state index contributed by atoms with van der Waals surface area (Å²) in [5.41, 5.74) is 1.71. The molecule has 0 aromatic heterocycles. The van der Waals surface area contributed by atoms with Gasteiger partial charge in [0.25, 0.3) is 0 Å². The lowest BCUT2D eigenvalue weighted by Crippen LogP contribution is -2.42. The third-order valence-corrected chi connectivity index (χ3v) is 4.48. The summed E-state index contributed by atoms with van der Waals surface area (Å²) < 4.78 is 0. The van der Waals surface area contributed by atoms with E-state index in [0.29, 0.717) is 6.42 Å². The zero-order chi connectivity index (χ0) is 12.8. The molecule has 1 fully saturated rings. The molecule has 94 valence electrons. The van der Waals surface area contributed by atoms with Crippen LogP contribution in [0.25, 0.3) is 0 Å². The second-order valence-electron chi connectivity index (χ2n) is 5.26. The van der Waals surface area contributed by atoms with Gasteiger partial charge in [-0.2, -0.15) is 0 Å². The molecule has 1 spiro atoms. The highest BCUT2D eigenvalue weighted by atomic mass is 16.2. The van der Waals surface area contributed by atoms with Crippen LogP contribution in [0, 0.1) is 5.92 Å². The fourth-order valence-corrected chi connectivity index (χ4v) is 3.69. The molecule has 0 radical (unpaired) electrons. The van der Waals surface area contributed by atoms with Crippen molar-refractivity contribution < 1.29 is 9.59 Å². The SMILES string of the molecule is CC[C@H]1C(=O)NC(=O)[C@]12CCCc1ccccc12. The van der Waals surface area contributed by atoms with Gasteiger partial charge in [-0.15, -0.1) is 0 Å². The number of aryl methyl sites for hydroxylation is 1. The lowest BCUT2D eigenvalue weighted by molar-refractivity contribution is -0.126. The number of carbonyl (C=O) groups is 2. The second kappa shape index (κ2) is 3.94. The number of imide groups is 1. The van der Waals surface area contributed by atoms with E-state index < -0.39 is 5.41 Å². The summed E-state index contributed by atoms with van der Waals surface area (Å²) in [5, 5.41) is 2.54. The van der Waals surface area contributed by atoms with Gasteiger partial charge in [0, 0.05) is 0 Å². The molecular formula is C15H17NO2. The molecule has 2 atom stereocenters. The summed E-state index contributed by atoms with van der Waals surface area (Å²) in [6.45, 7) is 1.99. The topological polar surface area (TPSA) is 46.2 Å². The van der Waals surface area contributed by atoms with Crippen molar-refractivity contribution in [1.29, 1.82) is 0 Å². The third-order valence-electron chi connectivity index (χ3n) is 4.48. The van der Waals surface area contributed by atoms with E-state index in [-0.39, 0.29) is 17.7 Å². The van der Waals surface area contributed by atoms with Crippen molar-refractivity contribution in [2.75, 3.05) is 0 Å². The Morgan fingerprint density at radius 2 is 2.11 bits per heavy atom. The molecule has 0 unspecified atom stereocenters. The van der Waals surface area contributed by atoms with Gasteiger partial charge in [-0.25, -0.2) is 0 Å². The average Bonchev–Trinajstić information content (AvgIpc) is 2.62. The van der Waals surface area contributed by atoms with E-state index in [1.807, 2.05) is 25.1 Å². The largest absolute Gasteiger partial charge is 0.295 e. The zero-order valence-electron chi connectivity index (χ0n) is 10.5. The van der Waals surface area contributed by atoms with Crippen LogP contribution in [0.4, 0.5) is 0 Å². The number of carbonyl (C=O) groups excluding carboxylic acids is 2. The molecule has 18 heavy (non-hydrogen) atoms. The minimum absolute atomic E-state index is 0.0912. The fourth-order valence-electron chi connectivity index (χ4n) is 3.69. The minimum atomic E-state index is -0.597. The van der Waals surface area contributed by atoms with Gasteiger partial charge < -0.3 is 0 Å². The molecule has 1 aromatic rings. The van der Waals surface area contributed by atoms with Crippen LogP contribution in [0.3, 0.4) is 0 Å². The Balaban J connectivity index is 2.21. The van der Waals surface area contributed by atoms with Gasteiger partial charge in [-0.1, -0.05) is 31.2 Å². The van der Waals surface area contributed by atoms with Crippen molar-refractivity contribution in [3.63, 3.8) is 0 Å². The molecule has 3 rings (SSSR count). The van der Waals surface area contributed by atoms with E-state index >= 15 is 0 Å². The number of hydrogen-bond acceptors (Lipinski definition) is 2. The van der Waals surface area contributed by atoms with E-state index in [1.54, 1.807) is 0 Å². The quantitative estimate of drug-likeness (QED) is 0.766. The highest BCUT2D eigenvalue weighted by Crippen LogP contribution is 2.47. The maximum absolute atomic E-state index is 12.4. The number of rotatable bonds is 1. The van der Waals surface area contributed by atoms with E-state index in [2.05, 4.69) is 11.4 Å². The highest BCUT2D eigenvalue weighted by molar-refractivity contribution is 6.10. The Labute approximate surface area is 107 Å². The van der Waals surface area contributed by atoms with Crippen molar-refractivity contribution >= 4 is 11.8 Å². The Hall–Kier alpha value is -1.64. The van der Waals surface area contributed by atoms with Crippen LogP contribution in [-0.2, 0) is 21.4 Å². The first-order valence-corrected chi connectivity index (χ1v) is 6.64. The number of benzene rings is 1. The smallest absolute Gasteiger partial charge is 0.238 e. The molecule has 2 amide bonds. The van der Waals surface area contributed by atoms with Gasteiger partial charge in [0.15, 0.2) is 0 Å². The monoisotopic (exact) mass is 243 g/mol. The van der Waals surface area contributed by atoms with Gasteiger partial charge in [0.1, 0.15) is 0 Å². The summed E-state index contributed by atoms with van der Waals surface area (Å²) in [7, 11) is 0. The maximum atomic E-state index is 12.4. The number of amides is 2. The van der Waals surface area contributed by atoms with E-state index in [0.717, 1.165) is 24.8 Å². The second-order valence-corrected chi connectivity index (χ2v) is 5.26. The first-order chi connectivity index (χ1) is 8.70. The van der Waals surface area contributed by atoms with E-state index in [4.69, 9.17) is 0 Å². The molecule has 1 aliphatic heterocycles. The molecule has 1 heterocycles. The molecule has 0 bridgehead atoms. The van der Waals surface area contributed by atoms with Gasteiger partial charge in [-0.3, -0.25) is 14.9 Å². The molecule has 2 aliphatic rings. The number of fused-ring (bicyclic) bond motifs is 2. The van der Waals surface area contributed by atoms with E-state index in [9.17, 15) is 9.59 Å². The summed E-state index contributed by atoms with van der Waals surface area (Å²) in [6, 6.07) is 8.08. The number of nitrogens with one attached hydrogen (secondary N) is 1. The summed E-state index contributed by atoms with van der Waals surface area (Å²) >= 11 is 0. The molecule has 1 aromatic carbocycles. The summed E-state index contributed by atoms with van der Waals surface area (Å²) in [4.78, 5) is 24.3. The summed E-state index contributed by atoms with van der Waals surface area (Å²) in [5.74, 6) is -0.392. The molecule has 3 nitrogen and oxygen atoms in total. The van der Waals surface area contributed by atoms with Gasteiger partial charge >= 0.3 is 0 Å². The predicted molar refractivity (Wildman–Crippen MR) is 68.0 cm³/mol. The molecule has 1 saturated heterocycles. The van der Waals surface area contributed by atoms with Crippen molar-refractivity contribution in [1.82, 2.24) is 5.32 Å². The van der Waals surface area contributed by atoms with Crippen LogP contribution in [0.5, 0.6) is 0 Å². The standard InChI is InChI=1S/C15H17NO2/c1-2-11-13(17)16-14(18)15(11)9-5-7-10-6-3-4-8-12(10)15/h3-4,6,8,11H,2,5,7,9H2,1H3,(H,16,17,18)/t11-,15+/m0/s1. The van der Waals surface area contributed by atoms with Crippen LogP contribution in [0.2, 0.25) is 0 Å². The highest BCUT2D eigenvalue weighted by Gasteiger charge is 2.56. The lowest BCUT2D eigenvalue weighted by Gasteiger charge is -2.36. The van der Waals surface area contributed by atoms with Crippen LogP contribution in [-0.4, -0.2) is 11.8 Å². The molecule has 1 aliphatic carbocycles. The Morgan fingerprint density at radius 1 is 1.33 bits per heavy atom. The average molecular weight is 243 g/mol. The van der Waals surface area contributed by atoms with Crippen LogP contribution < -0.4 is 5.32 Å². The first-order valence-electron chi connectivity index (χ1n) is 6.64. The fraction of sp³-hybridized carbons (Fsp3) is 0.467. The van der Waals surface area contributed by atoms with Crippen LogP contribution in [0.1, 0.15) is 37.3 Å². The van der Waals surface area contributed by atoms with Gasteiger partial charge in [0.2, 0.25) is 11.8 Å². The molecule has 1 N–H and O–H groups in total.